The minimum atomic E-state index is -0.228. The van der Waals surface area contributed by atoms with Crippen LogP contribution in [0.2, 0.25) is 0 Å². The van der Waals surface area contributed by atoms with Crippen LogP contribution >= 0.6 is 0 Å². The summed E-state index contributed by atoms with van der Waals surface area (Å²) >= 11 is 0. The number of carbonyl (C=O) groups is 1. The highest BCUT2D eigenvalue weighted by Crippen LogP contribution is 2.34. The second-order valence-electron chi connectivity index (χ2n) is 6.39. The largest absolute Gasteiger partial charge is 0.491 e. The Balaban J connectivity index is 1.44. The third-order valence-electron chi connectivity index (χ3n) is 4.80. The number of para-hydroxylation sites is 1. The molecule has 2 aliphatic rings. The van der Waals surface area contributed by atoms with E-state index in [0.717, 1.165) is 29.8 Å². The van der Waals surface area contributed by atoms with E-state index in [-0.39, 0.29) is 24.0 Å². The van der Waals surface area contributed by atoms with Gasteiger partial charge in [0.05, 0.1) is 17.7 Å². The Morgan fingerprint density at radius 1 is 1.33 bits per heavy atom. The normalized spacial score (nSPS) is 25.8. The smallest absolute Gasteiger partial charge is 0.226 e. The van der Waals surface area contributed by atoms with E-state index >= 15 is 0 Å². The van der Waals surface area contributed by atoms with Gasteiger partial charge in [0.1, 0.15) is 18.5 Å². The molecule has 1 aromatic heterocycles. The van der Waals surface area contributed by atoms with Crippen molar-refractivity contribution in [3.05, 3.63) is 47.8 Å². The average Bonchev–Trinajstić information content (AvgIpc) is 3.23. The highest BCUT2D eigenvalue weighted by Gasteiger charge is 2.37. The van der Waals surface area contributed by atoms with Crippen LogP contribution in [0.25, 0.3) is 0 Å². The Morgan fingerprint density at radius 2 is 2.21 bits per heavy atom. The lowest BCUT2D eigenvalue weighted by Crippen LogP contribution is -2.45. The van der Waals surface area contributed by atoms with Gasteiger partial charge in [-0.1, -0.05) is 18.2 Å². The lowest BCUT2D eigenvalue weighted by atomic mass is 9.96. The summed E-state index contributed by atoms with van der Waals surface area (Å²) in [5, 5.41) is 7.32. The van der Waals surface area contributed by atoms with Crippen LogP contribution in [0.15, 0.2) is 36.5 Å². The van der Waals surface area contributed by atoms with E-state index in [1.165, 1.54) is 0 Å². The fraction of sp³-hybridized carbons (Fsp3) is 0.444. The zero-order valence-corrected chi connectivity index (χ0v) is 13.6. The lowest BCUT2D eigenvalue weighted by molar-refractivity contribution is -0.128. The maximum absolute atomic E-state index is 12.8. The summed E-state index contributed by atoms with van der Waals surface area (Å²) in [6.45, 7) is 1.10. The molecule has 1 aromatic carbocycles. The zero-order valence-electron chi connectivity index (χ0n) is 13.6. The first-order chi connectivity index (χ1) is 11.7. The maximum Gasteiger partial charge on any atom is 0.226 e. The van der Waals surface area contributed by atoms with Crippen LogP contribution in [-0.2, 0) is 23.0 Å². The predicted molar refractivity (Wildman–Crippen MR) is 87.6 cm³/mol. The Kier molecular flexibility index (Phi) is 3.98. The Labute approximate surface area is 140 Å². The zero-order chi connectivity index (χ0) is 16.5. The Hall–Kier alpha value is -2.34. The molecule has 126 valence electrons. The van der Waals surface area contributed by atoms with Gasteiger partial charge in [-0.2, -0.15) is 5.10 Å². The SMILES string of the molecule is Cn1nccc1[C@@H]1OCC[C@H]1C(=O)N[C@H]1COc2ccccc2C1. The second-order valence-corrected chi connectivity index (χ2v) is 6.39. The molecule has 0 unspecified atom stereocenters. The van der Waals surface area contributed by atoms with Gasteiger partial charge >= 0.3 is 0 Å². The van der Waals surface area contributed by atoms with Gasteiger partial charge in [0.15, 0.2) is 0 Å². The molecule has 6 heteroatoms. The van der Waals surface area contributed by atoms with Crippen molar-refractivity contribution in [3.63, 3.8) is 0 Å². The van der Waals surface area contributed by atoms with E-state index in [1.807, 2.05) is 37.4 Å². The van der Waals surface area contributed by atoms with E-state index in [4.69, 9.17) is 9.47 Å². The molecular formula is C18H21N3O3. The number of rotatable bonds is 3. The molecule has 2 aliphatic heterocycles. The monoisotopic (exact) mass is 327 g/mol. The summed E-state index contributed by atoms with van der Waals surface area (Å²) in [5.41, 5.74) is 2.08. The fourth-order valence-electron chi connectivity index (χ4n) is 3.54. The summed E-state index contributed by atoms with van der Waals surface area (Å²) < 4.78 is 13.3. The van der Waals surface area contributed by atoms with Gasteiger partial charge in [-0.25, -0.2) is 0 Å². The van der Waals surface area contributed by atoms with Crippen molar-refractivity contribution in [1.82, 2.24) is 15.1 Å². The molecule has 3 heterocycles. The molecule has 1 amide bonds. The summed E-state index contributed by atoms with van der Waals surface area (Å²) in [4.78, 5) is 12.8. The highest BCUT2D eigenvalue weighted by molar-refractivity contribution is 5.80. The van der Waals surface area contributed by atoms with Crippen molar-refractivity contribution in [2.75, 3.05) is 13.2 Å². The minimum Gasteiger partial charge on any atom is -0.491 e. The third kappa shape index (κ3) is 2.78. The standard InChI is InChI=1S/C18H21N3O3/c1-21-15(6-8-19-21)17-14(7-9-23-17)18(22)20-13-10-12-4-2-3-5-16(12)24-11-13/h2-6,8,13-14,17H,7,9-11H2,1H3,(H,20,22)/t13-,14-,17-/m1/s1. The van der Waals surface area contributed by atoms with Gasteiger partial charge in [-0.05, 0) is 30.5 Å². The highest BCUT2D eigenvalue weighted by atomic mass is 16.5. The molecule has 0 saturated carbocycles. The van der Waals surface area contributed by atoms with Crippen molar-refractivity contribution in [2.45, 2.75) is 25.0 Å². The molecule has 0 spiro atoms. The van der Waals surface area contributed by atoms with Gasteiger partial charge < -0.3 is 14.8 Å². The predicted octanol–water partition coefficient (Wildman–Crippen LogP) is 1.62. The van der Waals surface area contributed by atoms with Crippen LogP contribution < -0.4 is 10.1 Å². The van der Waals surface area contributed by atoms with E-state index < -0.39 is 0 Å². The number of benzene rings is 1. The number of nitrogens with zero attached hydrogens (tertiary/aromatic N) is 2. The summed E-state index contributed by atoms with van der Waals surface area (Å²) in [6, 6.07) is 9.89. The number of ether oxygens (including phenoxy) is 2. The number of aromatic nitrogens is 2. The lowest BCUT2D eigenvalue weighted by Gasteiger charge is -2.28. The van der Waals surface area contributed by atoms with Gasteiger partial charge in [-0.3, -0.25) is 9.48 Å². The molecule has 1 fully saturated rings. The summed E-state index contributed by atoms with van der Waals surface area (Å²) in [5.74, 6) is 0.768. The molecular weight excluding hydrogens is 306 g/mol. The quantitative estimate of drug-likeness (QED) is 0.930. The van der Waals surface area contributed by atoms with Crippen LogP contribution in [0.3, 0.4) is 0 Å². The molecule has 3 atom stereocenters. The van der Waals surface area contributed by atoms with E-state index in [2.05, 4.69) is 10.4 Å². The van der Waals surface area contributed by atoms with Gasteiger partial charge in [0, 0.05) is 19.9 Å². The summed E-state index contributed by atoms with van der Waals surface area (Å²) in [6.07, 6.45) is 3.03. The van der Waals surface area contributed by atoms with Gasteiger partial charge in [0.25, 0.3) is 0 Å². The average molecular weight is 327 g/mol. The van der Waals surface area contributed by atoms with Crippen LogP contribution in [0.5, 0.6) is 5.75 Å². The van der Waals surface area contributed by atoms with Gasteiger partial charge in [-0.15, -0.1) is 0 Å². The van der Waals surface area contributed by atoms with Crippen molar-refractivity contribution in [3.8, 4) is 5.75 Å². The number of fused-ring (bicyclic) bond motifs is 1. The first-order valence-corrected chi connectivity index (χ1v) is 8.33. The Morgan fingerprint density at radius 3 is 3.04 bits per heavy atom. The van der Waals surface area contributed by atoms with E-state index in [9.17, 15) is 4.79 Å². The molecule has 0 aliphatic carbocycles. The van der Waals surface area contributed by atoms with Crippen molar-refractivity contribution in [2.24, 2.45) is 13.0 Å². The summed E-state index contributed by atoms with van der Waals surface area (Å²) in [7, 11) is 1.87. The van der Waals surface area contributed by atoms with Crippen molar-refractivity contribution in [1.29, 1.82) is 0 Å². The van der Waals surface area contributed by atoms with Crippen LogP contribution in [0.4, 0.5) is 0 Å². The van der Waals surface area contributed by atoms with E-state index in [0.29, 0.717) is 13.2 Å². The molecule has 6 nitrogen and oxygen atoms in total. The molecule has 24 heavy (non-hydrogen) atoms. The van der Waals surface area contributed by atoms with Crippen molar-refractivity contribution >= 4 is 5.91 Å². The number of carbonyl (C=O) groups excluding carboxylic acids is 1. The molecule has 1 N–H and O–H groups in total. The first-order valence-electron chi connectivity index (χ1n) is 8.33. The first kappa shape index (κ1) is 15.2. The number of hydrogen-bond donors (Lipinski definition) is 1. The number of aryl methyl sites for hydroxylation is 1. The second kappa shape index (κ2) is 6.28. The Bertz CT molecular complexity index is 743. The molecule has 0 bridgehead atoms. The topological polar surface area (TPSA) is 65.4 Å². The minimum absolute atomic E-state index is 0.000173. The van der Waals surface area contributed by atoms with Crippen LogP contribution in [0, 0.1) is 5.92 Å². The fourth-order valence-corrected chi connectivity index (χ4v) is 3.54. The number of hydrogen-bond acceptors (Lipinski definition) is 4. The third-order valence-corrected chi connectivity index (χ3v) is 4.80. The molecule has 4 rings (SSSR count). The van der Waals surface area contributed by atoms with Crippen LogP contribution in [0.1, 0.15) is 23.8 Å². The number of nitrogens with one attached hydrogen (secondary N) is 1. The van der Waals surface area contributed by atoms with Crippen LogP contribution in [-0.4, -0.2) is 34.9 Å². The molecule has 0 radical (unpaired) electrons. The van der Waals surface area contributed by atoms with E-state index in [1.54, 1.807) is 10.9 Å². The molecule has 1 saturated heterocycles. The van der Waals surface area contributed by atoms with Crippen molar-refractivity contribution < 1.29 is 14.3 Å². The maximum atomic E-state index is 12.8. The number of amides is 1. The molecule has 2 aromatic rings. The van der Waals surface area contributed by atoms with Gasteiger partial charge in [0.2, 0.25) is 5.91 Å².